The first-order chi connectivity index (χ1) is 13.0. The van der Waals surface area contributed by atoms with Crippen LogP contribution >= 0.6 is 0 Å². The van der Waals surface area contributed by atoms with Crippen molar-refractivity contribution in [1.29, 1.82) is 0 Å². The number of hydrogen-bond donors (Lipinski definition) is 1. The van der Waals surface area contributed by atoms with Gasteiger partial charge in [0.15, 0.2) is 0 Å². The Balaban J connectivity index is 1.17. The van der Waals surface area contributed by atoms with Gasteiger partial charge in [0, 0.05) is 49.8 Å². The van der Waals surface area contributed by atoms with Gasteiger partial charge >= 0.3 is 6.18 Å². The van der Waals surface area contributed by atoms with Gasteiger partial charge in [0.1, 0.15) is 5.70 Å². The van der Waals surface area contributed by atoms with Crippen molar-refractivity contribution >= 4 is 10.0 Å². The number of likely N-dealkylation sites (tertiary alicyclic amines) is 1. The van der Waals surface area contributed by atoms with Crippen molar-refractivity contribution in [2.45, 2.75) is 50.4 Å². The Bertz CT molecular complexity index is 854. The van der Waals surface area contributed by atoms with Crippen molar-refractivity contribution in [3.63, 3.8) is 0 Å². The summed E-state index contributed by atoms with van der Waals surface area (Å²) in [6, 6.07) is 0.551. The topological polar surface area (TPSA) is 61.9 Å². The minimum atomic E-state index is -4.50. The van der Waals surface area contributed by atoms with Crippen molar-refractivity contribution in [3.05, 3.63) is 22.4 Å². The predicted octanol–water partition coefficient (Wildman–Crippen LogP) is 1.93. The second kappa shape index (κ2) is 5.74. The van der Waals surface area contributed by atoms with E-state index < -0.39 is 21.9 Å². The van der Waals surface area contributed by atoms with Crippen LogP contribution in [0, 0.1) is 5.41 Å². The van der Waals surface area contributed by atoms with Crippen LogP contribution < -0.4 is 5.32 Å². The van der Waals surface area contributed by atoms with Crippen LogP contribution in [0.25, 0.3) is 0 Å². The maximum Gasteiger partial charge on any atom is 0.430 e. The van der Waals surface area contributed by atoms with Crippen molar-refractivity contribution in [1.82, 2.24) is 14.5 Å². The summed E-state index contributed by atoms with van der Waals surface area (Å²) >= 11 is 0. The molecule has 2 spiro atoms. The van der Waals surface area contributed by atoms with Crippen molar-refractivity contribution in [2.24, 2.45) is 5.41 Å². The van der Waals surface area contributed by atoms with E-state index in [0.29, 0.717) is 19.1 Å². The predicted molar refractivity (Wildman–Crippen MR) is 95.4 cm³/mol. The van der Waals surface area contributed by atoms with Crippen LogP contribution in [-0.2, 0) is 14.8 Å². The van der Waals surface area contributed by atoms with Gasteiger partial charge in [-0.3, -0.25) is 4.90 Å². The molecule has 0 aromatic carbocycles. The van der Waals surface area contributed by atoms with Crippen LogP contribution in [0.1, 0.15) is 32.6 Å². The van der Waals surface area contributed by atoms with E-state index in [1.54, 1.807) is 0 Å². The van der Waals surface area contributed by atoms with Gasteiger partial charge < -0.3 is 10.1 Å². The summed E-state index contributed by atoms with van der Waals surface area (Å²) in [5.41, 5.74) is -0.679. The van der Waals surface area contributed by atoms with E-state index in [1.165, 1.54) is 11.2 Å². The first kappa shape index (κ1) is 18.9. The summed E-state index contributed by atoms with van der Waals surface area (Å²) in [5.74, 6) is 0. The molecule has 4 aliphatic heterocycles. The van der Waals surface area contributed by atoms with Crippen LogP contribution in [0.15, 0.2) is 22.4 Å². The largest absolute Gasteiger partial charge is 0.430 e. The molecule has 0 radical (unpaired) electrons. The molecule has 0 amide bonds. The molecule has 0 aromatic heterocycles. The van der Waals surface area contributed by atoms with E-state index in [-0.39, 0.29) is 28.0 Å². The van der Waals surface area contributed by atoms with Gasteiger partial charge in [0.2, 0.25) is 10.0 Å². The number of ether oxygens (including phenoxy) is 1. The van der Waals surface area contributed by atoms with Crippen LogP contribution in [-0.4, -0.2) is 68.2 Å². The van der Waals surface area contributed by atoms with Crippen LogP contribution in [0.4, 0.5) is 13.2 Å². The molecule has 0 atom stereocenters. The van der Waals surface area contributed by atoms with Gasteiger partial charge in [-0.25, -0.2) is 8.42 Å². The number of alkyl halides is 3. The standard InChI is InChI=1S/C18H24F3N3O3S/c1-12-14(2-3-15(22-12)18(19,20)21)28(25,26)24-10-16(11-24)8-23(9-16)13-6-17(7-13)4-5-27-17/h3,13,22H,2,4-11H2,1H3. The summed E-state index contributed by atoms with van der Waals surface area (Å²) in [5, 5.41) is 2.21. The lowest BCUT2D eigenvalue weighted by atomic mass is 9.66. The second-order valence-electron chi connectivity index (χ2n) is 9.01. The molecule has 5 aliphatic rings. The quantitative estimate of drug-likeness (QED) is 0.758. The first-order valence-corrected chi connectivity index (χ1v) is 11.1. The molecule has 28 heavy (non-hydrogen) atoms. The lowest BCUT2D eigenvalue weighted by Gasteiger charge is -2.65. The first-order valence-electron chi connectivity index (χ1n) is 9.64. The molecule has 1 N–H and O–H groups in total. The van der Waals surface area contributed by atoms with E-state index in [0.717, 1.165) is 45.0 Å². The Hall–Kier alpha value is -1.10. The summed E-state index contributed by atoms with van der Waals surface area (Å²) in [7, 11) is -3.73. The highest BCUT2D eigenvalue weighted by atomic mass is 32.2. The van der Waals surface area contributed by atoms with Gasteiger partial charge in [-0.15, -0.1) is 0 Å². The Morgan fingerprint density at radius 1 is 1.21 bits per heavy atom. The molecular formula is C18H24F3N3O3S. The Morgan fingerprint density at radius 2 is 1.86 bits per heavy atom. The fraction of sp³-hybridized carbons (Fsp3) is 0.778. The molecule has 3 saturated heterocycles. The van der Waals surface area contributed by atoms with E-state index >= 15 is 0 Å². The number of allylic oxidation sites excluding steroid dienone is 4. The van der Waals surface area contributed by atoms with Crippen molar-refractivity contribution in [2.75, 3.05) is 32.8 Å². The SMILES string of the molecule is CC1=C(S(=O)(=O)N2CC3(CN(C4CC5(CCO5)C4)C3)C2)CC=C(C(F)(F)F)N1. The Labute approximate surface area is 162 Å². The van der Waals surface area contributed by atoms with Crippen LogP contribution in [0.2, 0.25) is 0 Å². The maximum absolute atomic E-state index is 12.9. The van der Waals surface area contributed by atoms with Gasteiger partial charge in [-0.05, 0) is 26.2 Å². The monoisotopic (exact) mass is 419 g/mol. The summed E-state index contributed by atoms with van der Waals surface area (Å²) in [6.45, 7) is 4.95. The molecule has 5 rings (SSSR count). The normalized spacial score (nSPS) is 35.6. The average Bonchev–Trinajstić information content (AvgIpc) is 2.42. The third-order valence-corrected chi connectivity index (χ3v) is 9.02. The van der Waals surface area contributed by atoms with E-state index in [2.05, 4.69) is 10.2 Å². The number of rotatable bonds is 3. The number of dihydropyridines is 1. The Morgan fingerprint density at radius 3 is 2.36 bits per heavy atom. The van der Waals surface area contributed by atoms with E-state index in [9.17, 15) is 21.6 Å². The highest BCUT2D eigenvalue weighted by Crippen LogP contribution is 2.52. The number of nitrogens with one attached hydrogen (secondary N) is 1. The van der Waals surface area contributed by atoms with E-state index in [1.807, 2.05) is 0 Å². The molecule has 1 saturated carbocycles. The van der Waals surface area contributed by atoms with Gasteiger partial charge in [0.05, 0.1) is 17.1 Å². The smallest absolute Gasteiger partial charge is 0.375 e. The molecule has 4 heterocycles. The van der Waals surface area contributed by atoms with E-state index in [4.69, 9.17) is 4.74 Å². The zero-order chi connectivity index (χ0) is 19.9. The Kier molecular flexibility index (Phi) is 3.87. The lowest BCUT2D eigenvalue weighted by molar-refractivity contribution is -0.237. The fourth-order valence-electron chi connectivity index (χ4n) is 5.23. The summed E-state index contributed by atoms with van der Waals surface area (Å²) < 4.78 is 71.2. The van der Waals surface area contributed by atoms with Gasteiger partial charge in [-0.1, -0.05) is 6.08 Å². The third-order valence-electron chi connectivity index (χ3n) is 6.99. The number of nitrogens with zero attached hydrogens (tertiary/aromatic N) is 2. The lowest BCUT2D eigenvalue weighted by Crippen LogP contribution is -2.76. The molecule has 0 aromatic rings. The molecule has 156 valence electrons. The van der Waals surface area contributed by atoms with Gasteiger partial charge in [0.25, 0.3) is 0 Å². The third kappa shape index (κ3) is 2.75. The van der Waals surface area contributed by atoms with Crippen molar-refractivity contribution < 1.29 is 26.3 Å². The zero-order valence-corrected chi connectivity index (χ0v) is 16.5. The molecule has 0 unspecified atom stereocenters. The minimum absolute atomic E-state index is 0.0137. The molecule has 10 heteroatoms. The molecular weight excluding hydrogens is 395 g/mol. The molecule has 6 nitrogen and oxygen atoms in total. The highest BCUT2D eigenvalue weighted by Gasteiger charge is 2.60. The fourth-order valence-corrected chi connectivity index (χ4v) is 7.16. The van der Waals surface area contributed by atoms with Crippen LogP contribution in [0.3, 0.4) is 0 Å². The molecule has 0 bridgehead atoms. The second-order valence-corrected chi connectivity index (χ2v) is 11.0. The number of hydrogen-bond acceptors (Lipinski definition) is 5. The zero-order valence-electron chi connectivity index (χ0n) is 15.7. The summed E-state index contributed by atoms with van der Waals surface area (Å²) in [6.07, 6.45) is -0.502. The van der Waals surface area contributed by atoms with Crippen molar-refractivity contribution in [3.8, 4) is 0 Å². The number of halogens is 3. The minimum Gasteiger partial charge on any atom is -0.375 e. The van der Waals surface area contributed by atoms with Crippen LogP contribution in [0.5, 0.6) is 0 Å². The molecule has 1 aliphatic carbocycles. The number of sulfonamides is 1. The molecule has 4 fully saturated rings. The highest BCUT2D eigenvalue weighted by molar-refractivity contribution is 7.93. The van der Waals surface area contributed by atoms with Gasteiger partial charge in [-0.2, -0.15) is 17.5 Å². The average molecular weight is 419 g/mol. The maximum atomic E-state index is 12.9. The summed E-state index contributed by atoms with van der Waals surface area (Å²) in [4.78, 5) is 2.46.